The van der Waals surface area contributed by atoms with Crippen LogP contribution in [0.5, 0.6) is 0 Å². The fourth-order valence-corrected chi connectivity index (χ4v) is 1.30. The molecule has 1 aromatic carbocycles. The molecule has 0 atom stereocenters. The molecule has 80 valence electrons. The van der Waals surface area contributed by atoms with Crippen molar-refractivity contribution in [1.82, 2.24) is 5.43 Å². The third-order valence-corrected chi connectivity index (χ3v) is 2.22. The van der Waals surface area contributed by atoms with E-state index in [1.54, 1.807) is 11.8 Å². The standard InChI is InChI=1S/C11H15N3S/c1-9(2)13-14-11(15-3)12-10-7-5-4-6-8-10/h4-8H,1-3H3,(H,12,14)/p+1. The summed E-state index contributed by atoms with van der Waals surface area (Å²) in [5.41, 5.74) is 5.02. The lowest BCUT2D eigenvalue weighted by Gasteiger charge is -1.95. The number of benzene rings is 1. The highest BCUT2D eigenvalue weighted by atomic mass is 32.2. The number of nitrogens with one attached hydrogen (secondary N) is 2. The molecular weight excluding hydrogens is 206 g/mol. The summed E-state index contributed by atoms with van der Waals surface area (Å²) in [5.74, 6) is 0. The van der Waals surface area contributed by atoms with E-state index in [0.717, 1.165) is 16.6 Å². The van der Waals surface area contributed by atoms with Crippen molar-refractivity contribution < 1.29 is 4.99 Å². The van der Waals surface area contributed by atoms with Gasteiger partial charge in [0.2, 0.25) is 0 Å². The van der Waals surface area contributed by atoms with Gasteiger partial charge in [0, 0.05) is 0 Å². The van der Waals surface area contributed by atoms with Gasteiger partial charge in [-0.25, -0.2) is 4.99 Å². The number of thioether (sulfide) groups is 1. The Bertz CT molecular complexity index is 353. The summed E-state index contributed by atoms with van der Waals surface area (Å²) in [6.45, 7) is 3.90. The van der Waals surface area contributed by atoms with Gasteiger partial charge in [0.25, 0.3) is 0 Å². The van der Waals surface area contributed by atoms with E-state index in [9.17, 15) is 0 Å². The minimum atomic E-state index is 0.919. The van der Waals surface area contributed by atoms with Gasteiger partial charge in [-0.15, -0.1) is 5.43 Å². The van der Waals surface area contributed by atoms with Crippen LogP contribution in [0.3, 0.4) is 0 Å². The first-order valence-corrected chi connectivity index (χ1v) is 5.95. The molecule has 1 rings (SSSR count). The highest BCUT2D eigenvalue weighted by Crippen LogP contribution is 1.96. The molecule has 0 amide bonds. The van der Waals surface area contributed by atoms with Crippen molar-refractivity contribution in [3.8, 4) is 0 Å². The van der Waals surface area contributed by atoms with Crippen molar-refractivity contribution in [3.05, 3.63) is 30.3 Å². The largest absolute Gasteiger partial charge is 0.334 e. The van der Waals surface area contributed by atoms with Crippen LogP contribution in [0.25, 0.3) is 0 Å². The molecule has 3 nitrogen and oxygen atoms in total. The second-order valence-electron chi connectivity index (χ2n) is 3.20. The maximum atomic E-state index is 4.14. The van der Waals surface area contributed by atoms with Gasteiger partial charge >= 0.3 is 5.17 Å². The Morgan fingerprint density at radius 2 is 1.93 bits per heavy atom. The molecule has 0 aliphatic rings. The summed E-state index contributed by atoms with van der Waals surface area (Å²) < 4.78 is 0. The van der Waals surface area contributed by atoms with E-state index >= 15 is 0 Å². The molecule has 0 heterocycles. The average molecular weight is 222 g/mol. The molecule has 1 aromatic rings. The normalized spacial score (nSPS) is 11.0. The lowest BCUT2D eigenvalue weighted by molar-refractivity contribution is -0.352. The molecule has 0 unspecified atom stereocenters. The molecule has 0 bridgehead atoms. The summed E-state index contributed by atoms with van der Waals surface area (Å²) in [6.07, 6.45) is 2.00. The first-order valence-electron chi connectivity index (χ1n) is 4.72. The molecule has 0 aliphatic carbocycles. The quantitative estimate of drug-likeness (QED) is 0.447. The van der Waals surface area contributed by atoms with Crippen LogP contribution < -0.4 is 10.4 Å². The Hall–Kier alpha value is -1.29. The molecule has 0 saturated heterocycles. The van der Waals surface area contributed by atoms with Crippen molar-refractivity contribution in [2.45, 2.75) is 13.8 Å². The first kappa shape index (κ1) is 11.8. The maximum Gasteiger partial charge on any atom is 0.334 e. The summed E-state index contributed by atoms with van der Waals surface area (Å²) in [4.78, 5) is 3.25. The second-order valence-corrected chi connectivity index (χ2v) is 4.01. The number of hydrogen-bond donors (Lipinski definition) is 2. The van der Waals surface area contributed by atoms with Gasteiger partial charge in [0.05, 0.1) is 5.71 Å². The fraction of sp³-hybridized carbons (Fsp3) is 0.273. The summed E-state index contributed by atoms with van der Waals surface area (Å²) in [6, 6.07) is 10.0. The molecule has 2 N–H and O–H groups in total. The van der Waals surface area contributed by atoms with Gasteiger partial charge < -0.3 is 0 Å². The summed E-state index contributed by atoms with van der Waals surface area (Å²) in [7, 11) is 0. The minimum Gasteiger partial charge on any atom is -0.233 e. The van der Waals surface area contributed by atoms with Crippen molar-refractivity contribution in [1.29, 1.82) is 0 Å². The first-order chi connectivity index (χ1) is 7.22. The molecule has 0 radical (unpaired) electrons. The smallest absolute Gasteiger partial charge is 0.233 e. The van der Waals surface area contributed by atoms with Crippen LogP contribution in [0.2, 0.25) is 0 Å². The number of hydrogen-bond acceptors (Lipinski definition) is 2. The zero-order valence-electron chi connectivity index (χ0n) is 9.24. The fourth-order valence-electron chi connectivity index (χ4n) is 0.940. The highest BCUT2D eigenvalue weighted by molar-refractivity contribution is 8.12. The topological polar surface area (TPSA) is 38.4 Å². The zero-order valence-corrected chi connectivity index (χ0v) is 10.1. The van der Waals surface area contributed by atoms with Gasteiger partial charge in [0.15, 0.2) is 0 Å². The predicted molar refractivity (Wildman–Crippen MR) is 67.5 cm³/mol. The van der Waals surface area contributed by atoms with Crippen LogP contribution >= 0.6 is 11.8 Å². The van der Waals surface area contributed by atoms with Crippen LogP contribution in [0, 0.1) is 0 Å². The van der Waals surface area contributed by atoms with E-state index in [0.29, 0.717) is 0 Å². The third kappa shape index (κ3) is 4.65. The number of nitrogens with zero attached hydrogens (tertiary/aromatic N) is 1. The maximum absolute atomic E-state index is 4.14. The van der Waals surface area contributed by atoms with E-state index < -0.39 is 0 Å². The average Bonchev–Trinajstić information content (AvgIpc) is 2.25. The minimum absolute atomic E-state index is 0.919. The number of hydrazone groups is 1. The number of rotatable bonds is 2. The van der Waals surface area contributed by atoms with Crippen molar-refractivity contribution in [3.63, 3.8) is 0 Å². The van der Waals surface area contributed by atoms with Crippen molar-refractivity contribution >= 4 is 28.3 Å². The van der Waals surface area contributed by atoms with E-state index in [1.807, 2.05) is 50.4 Å². The van der Waals surface area contributed by atoms with Gasteiger partial charge in [-0.1, -0.05) is 23.3 Å². The molecule has 0 saturated carbocycles. The second kappa shape index (κ2) is 6.24. The lowest BCUT2D eigenvalue weighted by atomic mass is 10.3. The molecule has 0 aliphatic heterocycles. The SMILES string of the molecule is CSC(NN=C(C)C)=[NH+]c1ccccc1. The predicted octanol–water partition coefficient (Wildman–Crippen LogP) is 1.10. The van der Waals surface area contributed by atoms with Crippen LogP contribution in [0.4, 0.5) is 5.69 Å². The van der Waals surface area contributed by atoms with Crippen molar-refractivity contribution in [2.24, 2.45) is 5.10 Å². The highest BCUT2D eigenvalue weighted by Gasteiger charge is 2.02. The van der Waals surface area contributed by atoms with E-state index in [-0.39, 0.29) is 0 Å². The van der Waals surface area contributed by atoms with Gasteiger partial charge in [0.1, 0.15) is 5.69 Å². The van der Waals surface area contributed by atoms with E-state index in [2.05, 4.69) is 15.5 Å². The Morgan fingerprint density at radius 1 is 1.27 bits per heavy atom. The Labute approximate surface area is 94.7 Å². The van der Waals surface area contributed by atoms with Crippen LogP contribution in [-0.4, -0.2) is 17.1 Å². The van der Waals surface area contributed by atoms with Crippen molar-refractivity contribution in [2.75, 3.05) is 6.26 Å². The number of amidine groups is 1. The van der Waals surface area contributed by atoms with Gasteiger partial charge in [-0.2, -0.15) is 0 Å². The third-order valence-electron chi connectivity index (χ3n) is 1.62. The van der Waals surface area contributed by atoms with Crippen LogP contribution in [-0.2, 0) is 0 Å². The monoisotopic (exact) mass is 222 g/mol. The molecule has 15 heavy (non-hydrogen) atoms. The molecule has 4 heteroatoms. The Balaban J connectivity index is 2.74. The molecule has 0 fully saturated rings. The van der Waals surface area contributed by atoms with E-state index in [1.165, 1.54) is 0 Å². The molecular formula is C11H16N3S+. The van der Waals surface area contributed by atoms with Crippen LogP contribution in [0.15, 0.2) is 35.4 Å². The molecule has 0 aromatic heterocycles. The van der Waals surface area contributed by atoms with E-state index in [4.69, 9.17) is 0 Å². The zero-order chi connectivity index (χ0) is 11.1. The van der Waals surface area contributed by atoms with Gasteiger partial charge in [-0.05, 0) is 44.0 Å². The molecule has 0 spiro atoms. The lowest BCUT2D eigenvalue weighted by Crippen LogP contribution is -2.68. The van der Waals surface area contributed by atoms with Crippen LogP contribution in [0.1, 0.15) is 13.8 Å². The van der Waals surface area contributed by atoms with Gasteiger partial charge in [-0.3, -0.25) is 0 Å². The summed E-state index contributed by atoms with van der Waals surface area (Å²) >= 11 is 1.59. The summed E-state index contributed by atoms with van der Waals surface area (Å²) in [5, 5.41) is 5.06. The number of para-hydroxylation sites is 1. The Morgan fingerprint density at radius 3 is 2.47 bits per heavy atom. The Kier molecular flexibility index (Phi) is 4.90.